The second-order valence-electron chi connectivity index (χ2n) is 9.61. The molecule has 0 radical (unpaired) electrons. The molecule has 1 aliphatic rings. The Bertz CT molecular complexity index is 1170. The lowest BCUT2D eigenvalue weighted by Gasteiger charge is -2.32. The summed E-state index contributed by atoms with van der Waals surface area (Å²) in [5, 5.41) is 2.28. The summed E-state index contributed by atoms with van der Waals surface area (Å²) in [7, 11) is 0. The minimum Gasteiger partial charge on any atom is -0.312 e. The maximum atomic E-state index is 14.2. The molecular formula is C30H33F2NO2. The van der Waals surface area contributed by atoms with Gasteiger partial charge in [-0.25, -0.2) is 0 Å². The van der Waals surface area contributed by atoms with Crippen molar-refractivity contribution in [3.05, 3.63) is 77.9 Å². The summed E-state index contributed by atoms with van der Waals surface area (Å²) in [6.45, 7) is 2.56. The summed E-state index contributed by atoms with van der Waals surface area (Å²) < 4.78 is 28.3. The molecule has 0 saturated heterocycles. The van der Waals surface area contributed by atoms with Crippen molar-refractivity contribution in [3.8, 4) is 0 Å². The van der Waals surface area contributed by atoms with Gasteiger partial charge in [-0.3, -0.25) is 9.59 Å². The van der Waals surface area contributed by atoms with Crippen LogP contribution in [0.25, 0.3) is 10.8 Å². The minimum absolute atomic E-state index is 0.175. The SMILES string of the molecule is CCCCCc1ccc(N(CCc2ccc3ccccc3c2)C(=O)[C@H]2CCC(=O)C(F)(F)C2)cc1. The maximum Gasteiger partial charge on any atom is 0.306 e. The number of anilines is 1. The van der Waals surface area contributed by atoms with E-state index in [2.05, 4.69) is 37.3 Å². The number of hydrogen-bond donors (Lipinski definition) is 0. The average molecular weight is 478 g/mol. The van der Waals surface area contributed by atoms with E-state index >= 15 is 0 Å². The molecule has 1 fully saturated rings. The van der Waals surface area contributed by atoms with Crippen molar-refractivity contribution in [3.63, 3.8) is 0 Å². The quantitative estimate of drug-likeness (QED) is 0.307. The number of amides is 1. The van der Waals surface area contributed by atoms with Crippen molar-refractivity contribution in [2.24, 2.45) is 5.92 Å². The smallest absolute Gasteiger partial charge is 0.306 e. The molecule has 35 heavy (non-hydrogen) atoms. The monoisotopic (exact) mass is 477 g/mol. The van der Waals surface area contributed by atoms with Crippen molar-refractivity contribution in [1.82, 2.24) is 0 Å². The molecule has 0 aliphatic heterocycles. The number of halogens is 2. The molecular weight excluding hydrogens is 444 g/mol. The van der Waals surface area contributed by atoms with Crippen LogP contribution in [-0.2, 0) is 22.4 Å². The van der Waals surface area contributed by atoms with Crippen molar-refractivity contribution in [1.29, 1.82) is 0 Å². The van der Waals surface area contributed by atoms with E-state index in [4.69, 9.17) is 0 Å². The van der Waals surface area contributed by atoms with Gasteiger partial charge in [0.15, 0.2) is 0 Å². The third-order valence-electron chi connectivity index (χ3n) is 7.00. The molecule has 3 aromatic rings. The molecule has 3 aromatic carbocycles. The zero-order valence-electron chi connectivity index (χ0n) is 20.3. The zero-order chi connectivity index (χ0) is 24.8. The zero-order valence-corrected chi connectivity index (χ0v) is 20.3. The van der Waals surface area contributed by atoms with Crippen LogP contribution in [0.15, 0.2) is 66.7 Å². The Morgan fingerprint density at radius 3 is 2.37 bits per heavy atom. The Morgan fingerprint density at radius 1 is 0.943 bits per heavy atom. The number of unbranched alkanes of at least 4 members (excludes halogenated alkanes) is 2. The Balaban J connectivity index is 1.54. The van der Waals surface area contributed by atoms with Crippen molar-refractivity contribution < 1.29 is 18.4 Å². The predicted molar refractivity (Wildman–Crippen MR) is 137 cm³/mol. The number of ketones is 1. The van der Waals surface area contributed by atoms with Gasteiger partial charge in [-0.05, 0) is 59.7 Å². The number of rotatable bonds is 9. The molecule has 0 aromatic heterocycles. The van der Waals surface area contributed by atoms with E-state index in [1.54, 1.807) is 4.90 Å². The lowest BCUT2D eigenvalue weighted by molar-refractivity contribution is -0.152. The van der Waals surface area contributed by atoms with Crippen LogP contribution in [-0.4, -0.2) is 24.2 Å². The molecule has 4 rings (SSSR count). The summed E-state index contributed by atoms with van der Waals surface area (Å²) in [6.07, 6.45) is 4.26. The van der Waals surface area contributed by atoms with Gasteiger partial charge in [-0.2, -0.15) is 8.78 Å². The molecule has 5 heteroatoms. The van der Waals surface area contributed by atoms with Gasteiger partial charge in [-0.1, -0.05) is 74.4 Å². The number of alkyl halides is 2. The minimum atomic E-state index is -3.42. The average Bonchev–Trinajstić information content (AvgIpc) is 2.86. The highest BCUT2D eigenvalue weighted by Crippen LogP contribution is 2.36. The Morgan fingerprint density at radius 2 is 1.66 bits per heavy atom. The fourth-order valence-corrected chi connectivity index (χ4v) is 4.87. The molecule has 0 unspecified atom stereocenters. The molecule has 0 N–H and O–H groups in total. The molecule has 1 aliphatic carbocycles. The number of Topliss-reactive ketones (excluding diaryl/α,β-unsaturated/α-hetero) is 1. The fraction of sp³-hybridized carbons (Fsp3) is 0.400. The third-order valence-corrected chi connectivity index (χ3v) is 7.00. The van der Waals surface area contributed by atoms with E-state index in [9.17, 15) is 18.4 Å². The molecule has 1 atom stereocenters. The summed E-state index contributed by atoms with van der Waals surface area (Å²) in [5.74, 6) is -5.66. The van der Waals surface area contributed by atoms with E-state index in [1.165, 1.54) is 12.0 Å². The Hall–Kier alpha value is -3.08. The van der Waals surface area contributed by atoms with Gasteiger partial charge in [-0.15, -0.1) is 0 Å². The highest BCUT2D eigenvalue weighted by molar-refractivity contribution is 5.97. The first-order valence-electron chi connectivity index (χ1n) is 12.7. The first kappa shape index (κ1) is 25.0. The fourth-order valence-electron chi connectivity index (χ4n) is 4.87. The lowest BCUT2D eigenvalue weighted by Crippen LogP contribution is -2.44. The molecule has 0 heterocycles. The van der Waals surface area contributed by atoms with Gasteiger partial charge < -0.3 is 4.90 Å². The normalized spacial score (nSPS) is 17.5. The van der Waals surface area contributed by atoms with Crippen LogP contribution in [0.3, 0.4) is 0 Å². The topological polar surface area (TPSA) is 37.4 Å². The molecule has 1 saturated carbocycles. The van der Waals surface area contributed by atoms with E-state index in [-0.39, 0.29) is 18.7 Å². The van der Waals surface area contributed by atoms with Gasteiger partial charge in [0.05, 0.1) is 0 Å². The molecule has 0 bridgehead atoms. The molecule has 184 valence electrons. The van der Waals surface area contributed by atoms with Crippen molar-refractivity contribution in [2.45, 2.75) is 64.2 Å². The van der Waals surface area contributed by atoms with Crippen LogP contribution in [0.5, 0.6) is 0 Å². The number of aryl methyl sites for hydroxylation is 1. The van der Waals surface area contributed by atoms with Crippen LogP contribution in [0, 0.1) is 5.92 Å². The Kier molecular flexibility index (Phi) is 7.94. The van der Waals surface area contributed by atoms with Crippen LogP contribution >= 0.6 is 0 Å². The van der Waals surface area contributed by atoms with E-state index < -0.39 is 24.0 Å². The van der Waals surface area contributed by atoms with Gasteiger partial charge in [0.25, 0.3) is 0 Å². The van der Waals surface area contributed by atoms with E-state index in [0.717, 1.165) is 41.3 Å². The lowest BCUT2D eigenvalue weighted by atomic mass is 9.84. The number of hydrogen-bond acceptors (Lipinski definition) is 2. The number of carbonyl (C=O) groups is 2. The second kappa shape index (κ2) is 11.1. The predicted octanol–water partition coefficient (Wildman–Crippen LogP) is 7.15. The first-order chi connectivity index (χ1) is 16.9. The second-order valence-corrected chi connectivity index (χ2v) is 9.61. The largest absolute Gasteiger partial charge is 0.312 e. The van der Waals surface area contributed by atoms with Gasteiger partial charge in [0.2, 0.25) is 11.7 Å². The Labute approximate surface area is 206 Å². The summed E-state index contributed by atoms with van der Waals surface area (Å²) in [6, 6.07) is 22.2. The highest BCUT2D eigenvalue weighted by Gasteiger charge is 2.47. The van der Waals surface area contributed by atoms with Crippen LogP contribution in [0.1, 0.15) is 56.6 Å². The number of benzene rings is 3. The summed E-state index contributed by atoms with van der Waals surface area (Å²) in [4.78, 5) is 26.8. The van der Waals surface area contributed by atoms with E-state index in [1.807, 2.05) is 36.4 Å². The number of nitrogens with zero attached hydrogens (tertiary/aromatic N) is 1. The van der Waals surface area contributed by atoms with Gasteiger partial charge in [0.1, 0.15) is 0 Å². The van der Waals surface area contributed by atoms with E-state index in [0.29, 0.717) is 13.0 Å². The summed E-state index contributed by atoms with van der Waals surface area (Å²) >= 11 is 0. The number of fused-ring (bicyclic) bond motifs is 1. The van der Waals surface area contributed by atoms with Crippen LogP contribution in [0.4, 0.5) is 14.5 Å². The third kappa shape index (κ3) is 6.14. The van der Waals surface area contributed by atoms with Crippen molar-refractivity contribution >= 4 is 28.2 Å². The highest BCUT2D eigenvalue weighted by atomic mass is 19.3. The first-order valence-corrected chi connectivity index (χ1v) is 12.7. The standard InChI is InChI=1S/C30H33F2NO2/c1-2-3-4-7-22-11-15-27(16-12-22)33(29(35)26-14-17-28(34)30(31,32)21-26)19-18-23-10-13-24-8-5-6-9-25(24)20-23/h5-6,8-13,15-16,20,26H,2-4,7,14,17-19,21H2,1H3/t26-/m0/s1. The van der Waals surface area contributed by atoms with Gasteiger partial charge in [0, 0.05) is 31.0 Å². The molecule has 0 spiro atoms. The number of carbonyl (C=O) groups excluding carboxylic acids is 2. The van der Waals surface area contributed by atoms with Crippen LogP contribution in [0.2, 0.25) is 0 Å². The molecule has 1 amide bonds. The maximum absolute atomic E-state index is 14.2. The van der Waals surface area contributed by atoms with Crippen LogP contribution < -0.4 is 4.90 Å². The van der Waals surface area contributed by atoms with Gasteiger partial charge >= 0.3 is 5.92 Å². The van der Waals surface area contributed by atoms with Crippen molar-refractivity contribution in [2.75, 3.05) is 11.4 Å². The summed E-state index contributed by atoms with van der Waals surface area (Å²) in [5.41, 5.74) is 3.01. The molecule has 3 nitrogen and oxygen atoms in total.